The van der Waals surface area contributed by atoms with Crippen LogP contribution in [0.25, 0.3) is 16.7 Å². The van der Waals surface area contributed by atoms with Crippen molar-refractivity contribution >= 4 is 28.4 Å². The van der Waals surface area contributed by atoms with Gasteiger partial charge in [0.15, 0.2) is 5.16 Å². The molecule has 0 saturated heterocycles. The van der Waals surface area contributed by atoms with Crippen LogP contribution in [-0.2, 0) is 13.5 Å². The zero-order valence-corrected chi connectivity index (χ0v) is 15.2. The van der Waals surface area contributed by atoms with Crippen molar-refractivity contribution in [2.75, 3.05) is 0 Å². The van der Waals surface area contributed by atoms with E-state index >= 15 is 0 Å². The van der Waals surface area contributed by atoms with Crippen molar-refractivity contribution in [3.8, 4) is 0 Å². The van der Waals surface area contributed by atoms with Crippen molar-refractivity contribution in [1.29, 1.82) is 0 Å². The summed E-state index contributed by atoms with van der Waals surface area (Å²) in [5, 5.41) is 10.6. The molecule has 2 heterocycles. The predicted octanol–water partition coefficient (Wildman–Crippen LogP) is 3.75. The average Bonchev–Trinajstić information content (AvgIpc) is 3.10. The summed E-state index contributed by atoms with van der Waals surface area (Å²) in [5.41, 5.74) is 3.65. The minimum absolute atomic E-state index is 0.0416. The molecule has 1 aliphatic rings. The third-order valence-corrected chi connectivity index (χ3v) is 6.41. The van der Waals surface area contributed by atoms with Crippen molar-refractivity contribution in [1.82, 2.24) is 19.2 Å². The number of aryl methyl sites for hydroxylation is 2. The molecule has 130 valence electrons. The maximum atomic E-state index is 12.6. The van der Waals surface area contributed by atoms with E-state index in [0.29, 0.717) is 16.4 Å². The maximum absolute atomic E-state index is 12.6. The Kier molecular flexibility index (Phi) is 3.60. The highest BCUT2D eigenvalue weighted by Crippen LogP contribution is 2.42. The Morgan fingerprint density at radius 3 is 2.81 bits per heavy atom. The lowest BCUT2D eigenvalue weighted by molar-refractivity contribution is 0.671. The third-order valence-electron chi connectivity index (χ3n) is 5.16. The molecule has 1 unspecified atom stereocenters. The molecular formula is C20H18N4OS. The number of nitrogens with zero attached hydrogens (tertiary/aromatic N) is 4. The fourth-order valence-corrected chi connectivity index (χ4v) is 5.12. The molecule has 2 aromatic carbocycles. The van der Waals surface area contributed by atoms with Gasteiger partial charge in [-0.15, -0.1) is 10.2 Å². The summed E-state index contributed by atoms with van der Waals surface area (Å²) >= 11 is 1.75. The number of para-hydroxylation sites is 1. The number of rotatable bonds is 2. The van der Waals surface area contributed by atoms with Crippen LogP contribution < -0.4 is 5.56 Å². The molecule has 6 heteroatoms. The zero-order valence-electron chi connectivity index (χ0n) is 14.4. The fourth-order valence-electron chi connectivity index (χ4n) is 3.85. The summed E-state index contributed by atoms with van der Waals surface area (Å²) in [4.78, 5) is 12.6. The van der Waals surface area contributed by atoms with Gasteiger partial charge in [0, 0.05) is 12.3 Å². The Labute approximate surface area is 154 Å². The summed E-state index contributed by atoms with van der Waals surface area (Å²) in [6.45, 7) is 0. The second-order valence-electron chi connectivity index (χ2n) is 6.70. The highest BCUT2D eigenvalue weighted by Gasteiger charge is 2.24. The van der Waals surface area contributed by atoms with Crippen LogP contribution in [0.3, 0.4) is 0 Å². The van der Waals surface area contributed by atoms with Gasteiger partial charge in [0.1, 0.15) is 0 Å². The van der Waals surface area contributed by atoms with E-state index in [9.17, 15) is 4.79 Å². The molecule has 0 fully saturated rings. The zero-order chi connectivity index (χ0) is 17.7. The van der Waals surface area contributed by atoms with Crippen LogP contribution >= 0.6 is 11.8 Å². The molecule has 0 saturated carbocycles. The van der Waals surface area contributed by atoms with Crippen LogP contribution in [0.5, 0.6) is 0 Å². The van der Waals surface area contributed by atoms with Crippen LogP contribution in [0.1, 0.15) is 29.2 Å². The molecule has 0 spiro atoms. The van der Waals surface area contributed by atoms with Crippen molar-refractivity contribution in [3.05, 3.63) is 70.0 Å². The van der Waals surface area contributed by atoms with E-state index in [4.69, 9.17) is 0 Å². The molecule has 26 heavy (non-hydrogen) atoms. The van der Waals surface area contributed by atoms with Crippen molar-refractivity contribution < 1.29 is 0 Å². The Morgan fingerprint density at radius 1 is 1.08 bits per heavy atom. The lowest BCUT2D eigenvalue weighted by Crippen LogP contribution is -2.20. The van der Waals surface area contributed by atoms with E-state index in [0.717, 1.165) is 23.5 Å². The van der Waals surface area contributed by atoms with E-state index in [2.05, 4.69) is 34.5 Å². The molecule has 0 bridgehead atoms. The summed E-state index contributed by atoms with van der Waals surface area (Å²) in [6, 6.07) is 16.3. The minimum atomic E-state index is -0.0416. The van der Waals surface area contributed by atoms with Gasteiger partial charge in [0.25, 0.3) is 5.56 Å². The van der Waals surface area contributed by atoms with E-state index in [1.54, 1.807) is 23.4 Å². The summed E-state index contributed by atoms with van der Waals surface area (Å²) in [6.07, 6.45) is 3.45. The largest absolute Gasteiger partial charge is 0.279 e. The van der Waals surface area contributed by atoms with E-state index < -0.39 is 0 Å². The predicted molar refractivity (Wildman–Crippen MR) is 104 cm³/mol. The summed E-state index contributed by atoms with van der Waals surface area (Å²) in [7, 11) is 1.75. The van der Waals surface area contributed by atoms with Crippen LogP contribution in [0.15, 0.2) is 58.5 Å². The number of hydrogen-bond donors (Lipinski definition) is 0. The number of thioether (sulfide) groups is 1. The van der Waals surface area contributed by atoms with Crippen LogP contribution in [0, 0.1) is 0 Å². The SMILES string of the molecule is Cn1c(=O)c2ccccc2n2c(SC3CCCc4ccccc43)nnc12. The summed E-state index contributed by atoms with van der Waals surface area (Å²) < 4.78 is 3.59. The quantitative estimate of drug-likeness (QED) is 0.545. The Balaban J connectivity index is 1.69. The Morgan fingerprint density at radius 2 is 1.88 bits per heavy atom. The summed E-state index contributed by atoms with van der Waals surface area (Å²) in [5.74, 6) is 0.584. The maximum Gasteiger partial charge on any atom is 0.262 e. The molecule has 0 N–H and O–H groups in total. The van der Waals surface area contributed by atoms with Crippen LogP contribution in [0.2, 0.25) is 0 Å². The van der Waals surface area contributed by atoms with Crippen molar-refractivity contribution in [2.45, 2.75) is 29.7 Å². The number of aromatic nitrogens is 4. The first-order chi connectivity index (χ1) is 12.7. The first kappa shape index (κ1) is 15.6. The van der Waals surface area contributed by atoms with Gasteiger partial charge in [-0.05, 0) is 42.5 Å². The molecule has 0 aliphatic heterocycles. The van der Waals surface area contributed by atoms with Crippen molar-refractivity contribution in [2.24, 2.45) is 7.05 Å². The molecule has 1 aliphatic carbocycles. The van der Waals surface area contributed by atoms with Gasteiger partial charge in [-0.1, -0.05) is 48.2 Å². The molecule has 0 radical (unpaired) electrons. The van der Waals surface area contributed by atoms with Gasteiger partial charge >= 0.3 is 0 Å². The smallest absolute Gasteiger partial charge is 0.262 e. The number of fused-ring (bicyclic) bond motifs is 4. The first-order valence-corrected chi connectivity index (χ1v) is 9.69. The lowest BCUT2D eigenvalue weighted by atomic mass is 9.91. The van der Waals surface area contributed by atoms with Gasteiger partial charge in [-0.2, -0.15) is 0 Å². The lowest BCUT2D eigenvalue weighted by Gasteiger charge is -2.24. The van der Waals surface area contributed by atoms with Gasteiger partial charge in [-0.3, -0.25) is 13.8 Å². The topological polar surface area (TPSA) is 52.2 Å². The van der Waals surface area contributed by atoms with Crippen molar-refractivity contribution in [3.63, 3.8) is 0 Å². The Hall–Kier alpha value is -2.60. The van der Waals surface area contributed by atoms with Crippen LogP contribution in [0.4, 0.5) is 0 Å². The van der Waals surface area contributed by atoms with Gasteiger partial charge < -0.3 is 0 Å². The second-order valence-corrected chi connectivity index (χ2v) is 7.87. The number of benzene rings is 2. The van der Waals surface area contributed by atoms with E-state index in [-0.39, 0.29) is 5.56 Å². The molecule has 5 rings (SSSR count). The van der Waals surface area contributed by atoms with Gasteiger partial charge in [0.2, 0.25) is 5.78 Å². The molecule has 0 amide bonds. The van der Waals surface area contributed by atoms with Crippen LogP contribution in [-0.4, -0.2) is 19.2 Å². The van der Waals surface area contributed by atoms with E-state index in [1.807, 2.05) is 28.7 Å². The fraction of sp³-hybridized carbons (Fsp3) is 0.250. The first-order valence-electron chi connectivity index (χ1n) is 8.81. The highest BCUT2D eigenvalue weighted by molar-refractivity contribution is 7.99. The molecule has 4 aromatic rings. The normalized spacial score (nSPS) is 16.9. The molecular weight excluding hydrogens is 344 g/mol. The highest BCUT2D eigenvalue weighted by atomic mass is 32.2. The standard InChI is InChI=1S/C20H18N4OS/c1-23-18(25)15-10-4-5-11-16(15)24-19(23)21-22-20(24)26-17-12-6-8-13-7-2-3-9-14(13)17/h2-5,7,9-11,17H,6,8,12H2,1H3. The Bertz CT molecular complexity index is 1190. The average molecular weight is 362 g/mol. The minimum Gasteiger partial charge on any atom is -0.279 e. The molecule has 1 atom stereocenters. The second kappa shape index (κ2) is 5.99. The molecule has 2 aromatic heterocycles. The molecule has 5 nitrogen and oxygen atoms in total. The monoisotopic (exact) mass is 362 g/mol. The number of hydrogen-bond acceptors (Lipinski definition) is 4. The third kappa shape index (κ3) is 2.29. The van der Waals surface area contributed by atoms with Gasteiger partial charge in [-0.25, -0.2) is 0 Å². The van der Waals surface area contributed by atoms with Gasteiger partial charge in [0.05, 0.1) is 10.9 Å². The van der Waals surface area contributed by atoms with E-state index in [1.165, 1.54) is 17.5 Å².